The highest BCUT2D eigenvalue weighted by Crippen LogP contribution is 2.36. The molecule has 180 valence electrons. The van der Waals surface area contributed by atoms with E-state index in [9.17, 15) is 9.90 Å². The number of aliphatic hydroxyl groups excluding tert-OH is 1. The fourth-order valence-corrected chi connectivity index (χ4v) is 4.65. The molecule has 6 rings (SSSR count). The average Bonchev–Trinajstić information content (AvgIpc) is 3.68. The van der Waals surface area contributed by atoms with Crippen molar-refractivity contribution in [1.29, 1.82) is 0 Å². The number of nitrogens with zero attached hydrogens (tertiary/aromatic N) is 6. The highest BCUT2D eigenvalue weighted by Gasteiger charge is 2.31. The third-order valence-electron chi connectivity index (χ3n) is 6.67. The number of hydrogen-bond acceptors (Lipinski definition) is 8. The summed E-state index contributed by atoms with van der Waals surface area (Å²) in [5.41, 5.74) is 4.83. The Kier molecular flexibility index (Phi) is 5.46. The van der Waals surface area contributed by atoms with Crippen LogP contribution in [0.1, 0.15) is 30.0 Å². The maximum Gasteiger partial charge on any atom is 0.278 e. The molecule has 0 amide bonds. The van der Waals surface area contributed by atoms with Gasteiger partial charge in [-0.05, 0) is 55.1 Å². The van der Waals surface area contributed by atoms with Crippen LogP contribution >= 0.6 is 0 Å². The van der Waals surface area contributed by atoms with E-state index >= 15 is 0 Å². The van der Waals surface area contributed by atoms with Crippen LogP contribution in [0.5, 0.6) is 0 Å². The lowest BCUT2D eigenvalue weighted by atomic mass is 10.0. The molecular weight excluding hydrogens is 444 g/mol. The molecule has 1 saturated carbocycles. The van der Waals surface area contributed by atoms with E-state index in [0.29, 0.717) is 29.3 Å². The van der Waals surface area contributed by atoms with Gasteiger partial charge in [0.1, 0.15) is 11.2 Å². The number of likely N-dealkylation sites (N-methyl/N-ethyl adjacent to an activating group) is 1. The number of nitrogens with one attached hydrogen (secondary N) is 2. The molecular formula is C25H28N8O2. The van der Waals surface area contributed by atoms with Gasteiger partial charge in [0.2, 0.25) is 5.95 Å². The van der Waals surface area contributed by atoms with Gasteiger partial charge in [0, 0.05) is 44.3 Å². The van der Waals surface area contributed by atoms with Crippen LogP contribution in [0, 0.1) is 0 Å². The standard InChI is InChI=1S/C25H28N8O2/c1-31(10-11-34)22-13-20(7-9-27-22)32-23-21(24(35)33(32)19-4-5-19)15-28-25(30-23)29-18-3-2-17-14-26-8-6-16(17)12-18/h2-3,7,9,12-13,15,19,26,34H,4-6,8,10-11,14H2,1H3,(H,28,29,30). The van der Waals surface area contributed by atoms with Crippen molar-refractivity contribution in [2.24, 2.45) is 0 Å². The number of pyridine rings is 1. The second-order valence-corrected chi connectivity index (χ2v) is 9.18. The van der Waals surface area contributed by atoms with E-state index < -0.39 is 0 Å². The molecule has 0 spiro atoms. The fraction of sp³-hybridized carbons (Fsp3) is 0.360. The number of hydrogen-bond donors (Lipinski definition) is 3. The summed E-state index contributed by atoms with van der Waals surface area (Å²) in [5.74, 6) is 1.16. The van der Waals surface area contributed by atoms with Crippen molar-refractivity contribution in [3.63, 3.8) is 0 Å². The van der Waals surface area contributed by atoms with Crippen LogP contribution in [-0.4, -0.2) is 56.2 Å². The van der Waals surface area contributed by atoms with Crippen molar-refractivity contribution in [3.05, 3.63) is 64.2 Å². The zero-order valence-electron chi connectivity index (χ0n) is 19.6. The first-order valence-corrected chi connectivity index (χ1v) is 12.0. The molecule has 1 fully saturated rings. The SMILES string of the molecule is CN(CCO)c1cc(-n2c3nc(Nc4ccc5c(c4)CCNC5)ncc3c(=O)n2C2CC2)ccn1. The number of aliphatic hydroxyl groups is 1. The Morgan fingerprint density at radius 3 is 2.91 bits per heavy atom. The summed E-state index contributed by atoms with van der Waals surface area (Å²) < 4.78 is 3.68. The molecule has 0 saturated heterocycles. The van der Waals surface area contributed by atoms with E-state index in [-0.39, 0.29) is 18.2 Å². The van der Waals surface area contributed by atoms with Crippen molar-refractivity contribution in [2.45, 2.75) is 31.8 Å². The Morgan fingerprint density at radius 2 is 2.09 bits per heavy atom. The van der Waals surface area contributed by atoms with E-state index in [4.69, 9.17) is 4.98 Å². The van der Waals surface area contributed by atoms with Gasteiger partial charge in [-0.15, -0.1) is 0 Å². The summed E-state index contributed by atoms with van der Waals surface area (Å²) in [6.45, 7) is 2.36. The minimum Gasteiger partial charge on any atom is -0.395 e. The topological polar surface area (TPSA) is 113 Å². The predicted molar refractivity (Wildman–Crippen MR) is 135 cm³/mol. The van der Waals surface area contributed by atoms with Gasteiger partial charge in [-0.25, -0.2) is 19.3 Å². The van der Waals surface area contributed by atoms with E-state index in [1.807, 2.05) is 34.8 Å². The lowest BCUT2D eigenvalue weighted by Crippen LogP contribution is -2.23. The number of anilines is 3. The lowest BCUT2D eigenvalue weighted by molar-refractivity contribution is 0.304. The number of benzene rings is 1. The van der Waals surface area contributed by atoms with Crippen LogP contribution < -0.4 is 21.1 Å². The third-order valence-corrected chi connectivity index (χ3v) is 6.67. The molecule has 0 atom stereocenters. The van der Waals surface area contributed by atoms with Crippen LogP contribution in [0.3, 0.4) is 0 Å². The van der Waals surface area contributed by atoms with Crippen LogP contribution in [0.25, 0.3) is 16.7 Å². The summed E-state index contributed by atoms with van der Waals surface area (Å²) in [5, 5.41) is 16.5. The van der Waals surface area contributed by atoms with Crippen molar-refractivity contribution >= 4 is 28.5 Å². The van der Waals surface area contributed by atoms with E-state index in [1.165, 1.54) is 11.1 Å². The molecule has 2 aliphatic rings. The fourth-order valence-electron chi connectivity index (χ4n) is 4.65. The molecule has 1 aliphatic heterocycles. The number of rotatable bonds is 7. The average molecular weight is 473 g/mol. The minimum atomic E-state index is -0.0857. The highest BCUT2D eigenvalue weighted by atomic mass is 16.3. The first-order valence-electron chi connectivity index (χ1n) is 12.0. The van der Waals surface area contributed by atoms with Crippen LogP contribution in [0.15, 0.2) is 47.5 Å². The Hall–Kier alpha value is -3.76. The zero-order valence-corrected chi connectivity index (χ0v) is 19.6. The Labute approximate surface area is 202 Å². The van der Waals surface area contributed by atoms with Crippen molar-refractivity contribution in [2.75, 3.05) is 37.0 Å². The predicted octanol–water partition coefficient (Wildman–Crippen LogP) is 2.13. The number of fused-ring (bicyclic) bond motifs is 2. The summed E-state index contributed by atoms with van der Waals surface area (Å²) in [4.78, 5) is 28.9. The van der Waals surface area contributed by atoms with Gasteiger partial charge in [-0.2, -0.15) is 4.98 Å². The molecule has 0 radical (unpaired) electrons. The molecule has 4 heterocycles. The third kappa shape index (κ3) is 4.04. The van der Waals surface area contributed by atoms with E-state index in [0.717, 1.165) is 43.7 Å². The zero-order chi connectivity index (χ0) is 23.9. The lowest BCUT2D eigenvalue weighted by Gasteiger charge is -2.19. The number of aromatic nitrogens is 5. The molecule has 35 heavy (non-hydrogen) atoms. The maximum absolute atomic E-state index is 13.3. The maximum atomic E-state index is 13.3. The van der Waals surface area contributed by atoms with E-state index in [1.54, 1.807) is 17.1 Å². The molecule has 1 aromatic carbocycles. The van der Waals surface area contributed by atoms with Gasteiger partial charge in [0.05, 0.1) is 18.3 Å². The van der Waals surface area contributed by atoms with Crippen molar-refractivity contribution in [3.8, 4) is 5.69 Å². The Morgan fingerprint density at radius 1 is 1.20 bits per heavy atom. The second-order valence-electron chi connectivity index (χ2n) is 9.18. The molecule has 0 bridgehead atoms. The van der Waals surface area contributed by atoms with Crippen LogP contribution in [0.4, 0.5) is 17.5 Å². The van der Waals surface area contributed by atoms with Crippen molar-refractivity contribution in [1.82, 2.24) is 29.6 Å². The smallest absolute Gasteiger partial charge is 0.278 e. The van der Waals surface area contributed by atoms with Gasteiger partial charge in [0.15, 0.2) is 5.65 Å². The van der Waals surface area contributed by atoms with Crippen LogP contribution in [0.2, 0.25) is 0 Å². The molecule has 4 aromatic rings. The molecule has 1 aliphatic carbocycles. The summed E-state index contributed by atoms with van der Waals surface area (Å²) in [6, 6.07) is 10.3. The molecule has 3 aromatic heterocycles. The normalized spacial score (nSPS) is 15.3. The molecule has 10 nitrogen and oxygen atoms in total. The van der Waals surface area contributed by atoms with Gasteiger partial charge in [-0.3, -0.25) is 4.79 Å². The largest absolute Gasteiger partial charge is 0.395 e. The Balaban J connectivity index is 1.43. The summed E-state index contributed by atoms with van der Waals surface area (Å²) in [6.07, 6.45) is 6.24. The van der Waals surface area contributed by atoms with Gasteiger partial charge in [0.25, 0.3) is 5.56 Å². The minimum absolute atomic E-state index is 0.0309. The summed E-state index contributed by atoms with van der Waals surface area (Å²) in [7, 11) is 1.88. The highest BCUT2D eigenvalue weighted by molar-refractivity contribution is 5.77. The second kappa shape index (κ2) is 8.79. The quantitative estimate of drug-likeness (QED) is 0.375. The van der Waals surface area contributed by atoms with Gasteiger partial charge in [-0.1, -0.05) is 6.07 Å². The van der Waals surface area contributed by atoms with Crippen LogP contribution in [-0.2, 0) is 13.0 Å². The van der Waals surface area contributed by atoms with Crippen molar-refractivity contribution < 1.29 is 5.11 Å². The first-order chi connectivity index (χ1) is 17.1. The summed E-state index contributed by atoms with van der Waals surface area (Å²) >= 11 is 0. The van der Waals surface area contributed by atoms with Gasteiger partial charge < -0.3 is 20.6 Å². The van der Waals surface area contributed by atoms with Gasteiger partial charge >= 0.3 is 0 Å². The monoisotopic (exact) mass is 472 g/mol. The molecule has 0 unspecified atom stereocenters. The Bertz CT molecular complexity index is 1460. The first kappa shape index (κ1) is 21.8. The molecule has 10 heteroatoms. The molecule has 3 N–H and O–H groups in total. The van der Waals surface area contributed by atoms with E-state index in [2.05, 4.69) is 32.7 Å².